The van der Waals surface area contributed by atoms with E-state index in [0.717, 1.165) is 10.0 Å². The highest BCUT2D eigenvalue weighted by atomic mass is 79.9. The van der Waals surface area contributed by atoms with Gasteiger partial charge in [-0.3, -0.25) is 0 Å². The molecular formula is C19H13BrCl2O4. The molecule has 0 unspecified atom stereocenters. The van der Waals surface area contributed by atoms with Crippen molar-refractivity contribution in [1.82, 2.24) is 0 Å². The van der Waals surface area contributed by atoms with E-state index in [4.69, 9.17) is 37.4 Å². The Bertz CT molecular complexity index is 951. The maximum absolute atomic E-state index is 12.0. The van der Waals surface area contributed by atoms with Crippen molar-refractivity contribution in [1.29, 1.82) is 0 Å². The van der Waals surface area contributed by atoms with Gasteiger partial charge in [-0.25, -0.2) is 4.79 Å². The normalized spacial score (nSPS) is 15.4. The molecule has 7 heteroatoms. The first-order chi connectivity index (χ1) is 12.4. The zero-order valence-corrected chi connectivity index (χ0v) is 16.9. The van der Waals surface area contributed by atoms with Crippen LogP contribution in [0.1, 0.15) is 11.1 Å². The number of esters is 1. The summed E-state index contributed by atoms with van der Waals surface area (Å²) in [6.45, 7) is 0. The minimum absolute atomic E-state index is 0.00469. The van der Waals surface area contributed by atoms with Crippen LogP contribution in [0.5, 0.6) is 11.5 Å². The van der Waals surface area contributed by atoms with Gasteiger partial charge < -0.3 is 14.2 Å². The molecule has 0 amide bonds. The van der Waals surface area contributed by atoms with Crippen molar-refractivity contribution in [2.24, 2.45) is 0 Å². The molecule has 2 aromatic rings. The van der Waals surface area contributed by atoms with E-state index in [0.29, 0.717) is 33.4 Å². The second kappa shape index (κ2) is 7.74. The standard InChI is InChI=1S/C19H13BrCl2O4/c1-24-14-5-3-10(7-12(14)20)8-16-17(18(22)19(23)26-16)11-4-6-15(25-2)13(21)9-11/h3-9H,1-2H3/b16-8-. The first-order valence-electron chi connectivity index (χ1n) is 7.46. The minimum atomic E-state index is -0.604. The SMILES string of the molecule is COc1ccc(C2=C(Cl)C(=O)O/C2=C\c2ccc(OC)c(Br)c2)cc1Cl. The number of ether oxygens (including phenoxy) is 3. The molecule has 134 valence electrons. The monoisotopic (exact) mass is 454 g/mol. The Morgan fingerprint density at radius 2 is 1.73 bits per heavy atom. The molecule has 0 fully saturated rings. The number of allylic oxidation sites excluding steroid dienone is 1. The predicted molar refractivity (Wildman–Crippen MR) is 106 cm³/mol. The molecule has 0 aliphatic carbocycles. The molecule has 1 aliphatic rings. The molecule has 0 saturated heterocycles. The van der Waals surface area contributed by atoms with Crippen molar-refractivity contribution >= 4 is 56.8 Å². The Hall–Kier alpha value is -1.95. The third-order valence-electron chi connectivity index (χ3n) is 3.76. The van der Waals surface area contributed by atoms with Gasteiger partial charge >= 0.3 is 5.97 Å². The highest BCUT2D eigenvalue weighted by molar-refractivity contribution is 9.10. The number of hydrogen-bond donors (Lipinski definition) is 0. The molecule has 0 saturated carbocycles. The van der Waals surface area contributed by atoms with E-state index in [2.05, 4.69) is 15.9 Å². The molecule has 0 bridgehead atoms. The lowest BCUT2D eigenvalue weighted by Crippen LogP contribution is -1.93. The summed E-state index contributed by atoms with van der Waals surface area (Å²) < 4.78 is 16.5. The molecule has 4 nitrogen and oxygen atoms in total. The third kappa shape index (κ3) is 3.61. The van der Waals surface area contributed by atoms with E-state index in [9.17, 15) is 4.79 Å². The summed E-state index contributed by atoms with van der Waals surface area (Å²) in [5.74, 6) is 0.971. The Labute approximate surface area is 169 Å². The van der Waals surface area contributed by atoms with Crippen LogP contribution in [-0.2, 0) is 9.53 Å². The Balaban J connectivity index is 2.06. The number of carbonyl (C=O) groups excluding carboxylic acids is 1. The van der Waals surface area contributed by atoms with Gasteiger partial charge in [-0.2, -0.15) is 0 Å². The maximum atomic E-state index is 12.0. The summed E-state index contributed by atoms with van der Waals surface area (Å²) in [5, 5.41) is 0.415. The minimum Gasteiger partial charge on any atom is -0.496 e. The first kappa shape index (κ1) is 18.8. The van der Waals surface area contributed by atoms with E-state index in [1.807, 2.05) is 18.2 Å². The molecule has 0 atom stereocenters. The quantitative estimate of drug-likeness (QED) is 0.557. The molecule has 26 heavy (non-hydrogen) atoms. The van der Waals surface area contributed by atoms with Crippen LogP contribution in [0.2, 0.25) is 5.02 Å². The van der Waals surface area contributed by atoms with Crippen LogP contribution in [0.15, 0.2) is 51.7 Å². The number of halogens is 3. The molecule has 0 aromatic heterocycles. The largest absolute Gasteiger partial charge is 0.496 e. The van der Waals surface area contributed by atoms with Gasteiger partial charge in [-0.1, -0.05) is 35.3 Å². The second-order valence-electron chi connectivity index (χ2n) is 5.33. The summed E-state index contributed by atoms with van der Waals surface area (Å²) >= 11 is 15.8. The van der Waals surface area contributed by atoms with Crippen LogP contribution in [-0.4, -0.2) is 20.2 Å². The summed E-state index contributed by atoms with van der Waals surface area (Å²) in [7, 11) is 3.12. The van der Waals surface area contributed by atoms with Crippen LogP contribution < -0.4 is 9.47 Å². The topological polar surface area (TPSA) is 44.8 Å². The van der Waals surface area contributed by atoms with Gasteiger partial charge in [0.05, 0.1) is 29.3 Å². The highest BCUT2D eigenvalue weighted by Crippen LogP contribution is 2.40. The summed E-state index contributed by atoms with van der Waals surface area (Å²) in [4.78, 5) is 12.0. The van der Waals surface area contributed by atoms with Gasteiger partial charge in [0.25, 0.3) is 0 Å². The van der Waals surface area contributed by atoms with Crippen LogP contribution in [0.25, 0.3) is 11.6 Å². The lowest BCUT2D eigenvalue weighted by atomic mass is 10.0. The molecule has 0 N–H and O–H groups in total. The smallest absolute Gasteiger partial charge is 0.355 e. The number of rotatable bonds is 4. The van der Waals surface area contributed by atoms with Gasteiger partial charge in [0.1, 0.15) is 22.3 Å². The zero-order chi connectivity index (χ0) is 18.8. The molecule has 1 aliphatic heterocycles. The molecule has 0 spiro atoms. The summed E-state index contributed by atoms with van der Waals surface area (Å²) in [6, 6.07) is 10.7. The molecule has 1 heterocycles. The first-order valence-corrected chi connectivity index (χ1v) is 9.01. The van der Waals surface area contributed by atoms with E-state index in [1.54, 1.807) is 31.4 Å². The van der Waals surface area contributed by atoms with E-state index >= 15 is 0 Å². The van der Waals surface area contributed by atoms with Crippen molar-refractivity contribution < 1.29 is 19.0 Å². The van der Waals surface area contributed by atoms with Crippen molar-refractivity contribution in [2.75, 3.05) is 14.2 Å². The van der Waals surface area contributed by atoms with Crippen LogP contribution in [0.3, 0.4) is 0 Å². The van der Waals surface area contributed by atoms with Crippen LogP contribution in [0, 0.1) is 0 Å². The fourth-order valence-corrected chi connectivity index (χ4v) is 3.58. The van der Waals surface area contributed by atoms with Gasteiger partial charge in [0.2, 0.25) is 0 Å². The van der Waals surface area contributed by atoms with Gasteiger partial charge in [-0.05, 0) is 57.4 Å². The fourth-order valence-electron chi connectivity index (χ4n) is 2.52. The van der Waals surface area contributed by atoms with Crippen molar-refractivity contribution in [2.45, 2.75) is 0 Å². The average Bonchev–Trinajstić information content (AvgIpc) is 2.89. The molecule has 0 radical (unpaired) electrons. The summed E-state index contributed by atoms with van der Waals surface area (Å²) in [5.41, 5.74) is 1.95. The number of carbonyl (C=O) groups is 1. The van der Waals surface area contributed by atoms with E-state index in [1.165, 1.54) is 7.11 Å². The molecule has 2 aromatic carbocycles. The second-order valence-corrected chi connectivity index (χ2v) is 6.97. The van der Waals surface area contributed by atoms with Gasteiger partial charge in [0, 0.05) is 0 Å². The predicted octanol–water partition coefficient (Wildman–Crippen LogP) is 5.67. The number of benzene rings is 2. The Morgan fingerprint density at radius 1 is 1.04 bits per heavy atom. The van der Waals surface area contributed by atoms with Crippen molar-refractivity contribution in [3.05, 3.63) is 67.8 Å². The van der Waals surface area contributed by atoms with Gasteiger partial charge in [-0.15, -0.1) is 0 Å². The van der Waals surface area contributed by atoms with Crippen LogP contribution in [0.4, 0.5) is 0 Å². The zero-order valence-electron chi connectivity index (χ0n) is 13.8. The third-order valence-corrected chi connectivity index (χ3v) is 5.02. The highest BCUT2D eigenvalue weighted by Gasteiger charge is 2.30. The van der Waals surface area contributed by atoms with Crippen LogP contribution >= 0.6 is 39.1 Å². The number of cyclic esters (lactones) is 1. The summed E-state index contributed by atoms with van der Waals surface area (Å²) in [6.07, 6.45) is 1.73. The van der Waals surface area contributed by atoms with Gasteiger partial charge in [0.15, 0.2) is 0 Å². The molecular weight excluding hydrogens is 443 g/mol. The van der Waals surface area contributed by atoms with E-state index in [-0.39, 0.29) is 5.03 Å². The van der Waals surface area contributed by atoms with E-state index < -0.39 is 5.97 Å². The number of methoxy groups -OCH3 is 2. The Kier molecular flexibility index (Phi) is 5.61. The maximum Gasteiger partial charge on any atom is 0.355 e. The molecule has 3 rings (SSSR count). The Morgan fingerprint density at radius 3 is 2.35 bits per heavy atom. The average molecular weight is 456 g/mol. The number of hydrogen-bond acceptors (Lipinski definition) is 4. The lowest BCUT2D eigenvalue weighted by molar-refractivity contribution is -0.132. The lowest BCUT2D eigenvalue weighted by Gasteiger charge is -2.09. The fraction of sp³-hybridized carbons (Fsp3) is 0.105. The van der Waals surface area contributed by atoms with Crippen molar-refractivity contribution in [3.8, 4) is 11.5 Å². The van der Waals surface area contributed by atoms with Crippen molar-refractivity contribution in [3.63, 3.8) is 0 Å².